The van der Waals surface area contributed by atoms with Gasteiger partial charge >= 0.3 is 0 Å². The van der Waals surface area contributed by atoms with Gasteiger partial charge in [-0.2, -0.15) is 15.5 Å². The third-order valence-corrected chi connectivity index (χ3v) is 13.5. The molecule has 0 N–H and O–H groups in total. The van der Waals surface area contributed by atoms with Crippen LogP contribution in [0.2, 0.25) is 5.02 Å². The van der Waals surface area contributed by atoms with Crippen LogP contribution in [0.5, 0.6) is 0 Å². The van der Waals surface area contributed by atoms with Gasteiger partial charge in [0.2, 0.25) is 0 Å². The predicted molar refractivity (Wildman–Crippen MR) is 289 cm³/mol. The van der Waals surface area contributed by atoms with Crippen molar-refractivity contribution in [1.29, 1.82) is 5.26 Å². The first-order valence-electron chi connectivity index (χ1n) is 23.9. The molecule has 0 aliphatic carbocycles. The highest BCUT2D eigenvalue weighted by molar-refractivity contribution is 6.30. The number of benzene rings is 7. The number of aryl methyl sites for hydroxylation is 2. The minimum Gasteiger partial charge on any atom is -0.289 e. The van der Waals surface area contributed by atoms with Crippen LogP contribution >= 0.6 is 11.6 Å². The molecule has 9 heteroatoms. The Morgan fingerprint density at radius 3 is 1.07 bits per heavy atom. The van der Waals surface area contributed by atoms with E-state index in [1.165, 1.54) is 0 Å². The van der Waals surface area contributed by atoms with Gasteiger partial charge in [-0.3, -0.25) is 24.1 Å². The third-order valence-electron chi connectivity index (χ3n) is 13.2. The van der Waals surface area contributed by atoms with Gasteiger partial charge in [-0.05, 0) is 95.8 Å². The van der Waals surface area contributed by atoms with E-state index in [4.69, 9.17) is 27.1 Å². The van der Waals surface area contributed by atoms with E-state index in [-0.39, 0.29) is 5.78 Å². The number of pyridine rings is 2. The topological polar surface area (TPSA) is 102 Å². The standard InChI is InChI=1S/C35H26ClN3O.C29H22N4/c1-25-32(33-22-19-27(23-37-33)34(40)26-17-20-31(36)21-18-26)24-39(38-25)35(28-11-5-2-6-12-28,29-13-7-3-8-14-29)30-15-9-4-10-16-30;1-22-27(28-18-17-23(19-30)20-31-28)21-33(32-22)29(24-11-5-2-6-12-24,25-13-7-3-8-14-25)26-15-9-4-10-16-26/h2-24H,1H3;2-18,20-21H,1H3. The number of halogens is 1. The quantitative estimate of drug-likeness (QED) is 0.0893. The van der Waals surface area contributed by atoms with E-state index in [9.17, 15) is 4.79 Å². The van der Waals surface area contributed by atoms with E-state index < -0.39 is 11.1 Å². The molecule has 352 valence electrons. The summed E-state index contributed by atoms with van der Waals surface area (Å²) in [6, 6.07) is 79.1. The van der Waals surface area contributed by atoms with Crippen LogP contribution in [0.3, 0.4) is 0 Å². The van der Waals surface area contributed by atoms with Crippen molar-refractivity contribution in [2.75, 3.05) is 0 Å². The van der Waals surface area contributed by atoms with Gasteiger partial charge < -0.3 is 0 Å². The summed E-state index contributed by atoms with van der Waals surface area (Å²) in [6.07, 6.45) is 7.36. The lowest BCUT2D eigenvalue weighted by Crippen LogP contribution is -2.38. The Hall–Kier alpha value is -9.29. The fourth-order valence-electron chi connectivity index (χ4n) is 9.71. The van der Waals surface area contributed by atoms with Crippen LogP contribution in [0, 0.1) is 25.2 Å². The van der Waals surface area contributed by atoms with Gasteiger partial charge in [0.25, 0.3) is 0 Å². The molecule has 0 fully saturated rings. The molecule has 0 aliphatic heterocycles. The van der Waals surface area contributed by atoms with E-state index in [0.29, 0.717) is 21.7 Å². The summed E-state index contributed by atoms with van der Waals surface area (Å²) in [5.41, 5.74) is 12.0. The molecular weight excluding hydrogens is 918 g/mol. The number of nitrogens with zero attached hydrogens (tertiary/aromatic N) is 7. The molecule has 11 aromatic rings. The second-order valence-electron chi connectivity index (χ2n) is 17.6. The third kappa shape index (κ3) is 9.18. The second-order valence-corrected chi connectivity index (χ2v) is 18.0. The highest BCUT2D eigenvalue weighted by Crippen LogP contribution is 2.43. The van der Waals surface area contributed by atoms with Crippen LogP contribution in [-0.4, -0.2) is 35.3 Å². The number of carbonyl (C=O) groups is 1. The maximum Gasteiger partial charge on any atom is 0.194 e. The molecule has 11 rings (SSSR count). The molecule has 0 amide bonds. The molecule has 0 atom stereocenters. The van der Waals surface area contributed by atoms with Gasteiger partial charge in [-0.1, -0.05) is 194 Å². The van der Waals surface area contributed by atoms with E-state index >= 15 is 0 Å². The van der Waals surface area contributed by atoms with Crippen molar-refractivity contribution < 1.29 is 4.79 Å². The summed E-state index contributed by atoms with van der Waals surface area (Å²) >= 11 is 5.99. The number of hydrogen-bond acceptors (Lipinski definition) is 6. The second kappa shape index (κ2) is 21.0. The van der Waals surface area contributed by atoms with Crippen molar-refractivity contribution in [3.63, 3.8) is 0 Å². The van der Waals surface area contributed by atoms with Crippen molar-refractivity contribution in [2.24, 2.45) is 0 Å². The van der Waals surface area contributed by atoms with Gasteiger partial charge in [-0.15, -0.1) is 0 Å². The molecular formula is C64H48ClN7O. The maximum atomic E-state index is 13.0. The Balaban J connectivity index is 0.000000171. The number of nitriles is 1. The summed E-state index contributed by atoms with van der Waals surface area (Å²) in [6.45, 7) is 3.99. The summed E-state index contributed by atoms with van der Waals surface area (Å²) in [4.78, 5) is 22.2. The molecule has 0 radical (unpaired) electrons. The zero-order valence-corrected chi connectivity index (χ0v) is 40.9. The van der Waals surface area contributed by atoms with Crippen molar-refractivity contribution >= 4 is 17.4 Å². The molecule has 0 bridgehead atoms. The minimum absolute atomic E-state index is 0.0978. The van der Waals surface area contributed by atoms with E-state index in [1.54, 1.807) is 42.7 Å². The molecule has 73 heavy (non-hydrogen) atoms. The lowest BCUT2D eigenvalue weighted by molar-refractivity contribution is 0.103. The first kappa shape index (κ1) is 47.4. The van der Waals surface area contributed by atoms with Crippen LogP contribution in [0.4, 0.5) is 0 Å². The molecule has 0 saturated carbocycles. The fourth-order valence-corrected chi connectivity index (χ4v) is 9.84. The van der Waals surface area contributed by atoms with Gasteiger partial charge in [0, 0.05) is 52.1 Å². The Labute approximate surface area is 430 Å². The predicted octanol–water partition coefficient (Wildman–Crippen LogP) is 13.9. The molecule has 0 spiro atoms. The van der Waals surface area contributed by atoms with Gasteiger partial charge in [0.1, 0.15) is 17.1 Å². The molecule has 4 heterocycles. The number of ketones is 1. The largest absolute Gasteiger partial charge is 0.289 e. The monoisotopic (exact) mass is 965 g/mol. The zero-order chi connectivity index (χ0) is 50.2. The van der Waals surface area contributed by atoms with E-state index in [2.05, 4.69) is 179 Å². The van der Waals surface area contributed by atoms with Crippen LogP contribution in [-0.2, 0) is 11.1 Å². The first-order valence-corrected chi connectivity index (χ1v) is 24.3. The summed E-state index contributed by atoms with van der Waals surface area (Å²) in [7, 11) is 0. The fraction of sp³-hybridized carbons (Fsp3) is 0.0625. The van der Waals surface area contributed by atoms with Crippen molar-refractivity contribution in [3.8, 4) is 28.6 Å². The van der Waals surface area contributed by atoms with Crippen molar-refractivity contribution in [1.82, 2.24) is 29.5 Å². The average Bonchev–Trinajstić information content (AvgIpc) is 4.05. The number of rotatable bonds is 12. The van der Waals surface area contributed by atoms with Crippen molar-refractivity contribution in [3.05, 3.63) is 322 Å². The Kier molecular flexibility index (Phi) is 13.6. The molecule has 8 nitrogen and oxygen atoms in total. The first-order chi connectivity index (χ1) is 35.8. The normalized spacial score (nSPS) is 11.3. The summed E-state index contributed by atoms with van der Waals surface area (Å²) < 4.78 is 4.10. The van der Waals surface area contributed by atoms with Gasteiger partial charge in [0.15, 0.2) is 5.78 Å². The zero-order valence-electron chi connectivity index (χ0n) is 40.2. The lowest BCUT2D eigenvalue weighted by atomic mass is 9.77. The average molecular weight is 967 g/mol. The van der Waals surface area contributed by atoms with Crippen LogP contribution in [0.25, 0.3) is 22.5 Å². The summed E-state index contributed by atoms with van der Waals surface area (Å²) in [5, 5.41) is 19.9. The van der Waals surface area contributed by atoms with Crippen molar-refractivity contribution in [2.45, 2.75) is 24.9 Å². The highest BCUT2D eigenvalue weighted by atomic mass is 35.5. The Bertz CT molecular complexity index is 3440. The molecule has 0 saturated heterocycles. The number of hydrogen-bond donors (Lipinski definition) is 0. The Morgan fingerprint density at radius 1 is 0.438 bits per heavy atom. The SMILES string of the molecule is Cc1nn(C(c2ccccc2)(c2ccccc2)c2ccccc2)cc1-c1ccc(C#N)cn1.Cc1nn(C(c2ccccc2)(c2ccccc2)c2ccccc2)cc1-c1ccc(C(=O)c2ccc(Cl)cc2)cn1. The highest BCUT2D eigenvalue weighted by Gasteiger charge is 2.41. The molecule has 0 aliphatic rings. The molecule has 4 aromatic heterocycles. The number of carbonyl (C=O) groups excluding carboxylic acids is 1. The van der Waals surface area contributed by atoms with Gasteiger partial charge in [-0.25, -0.2) is 0 Å². The Morgan fingerprint density at radius 2 is 0.767 bits per heavy atom. The van der Waals surface area contributed by atoms with Crippen LogP contribution < -0.4 is 0 Å². The lowest BCUT2D eigenvalue weighted by Gasteiger charge is -2.36. The summed E-state index contributed by atoms with van der Waals surface area (Å²) in [5.74, 6) is -0.0978. The van der Waals surface area contributed by atoms with Crippen LogP contribution in [0.1, 0.15) is 66.3 Å². The molecule has 0 unspecified atom stereocenters. The van der Waals surface area contributed by atoms with Gasteiger partial charge in [0.05, 0.1) is 28.3 Å². The molecule has 7 aromatic carbocycles. The minimum atomic E-state index is -0.711. The smallest absolute Gasteiger partial charge is 0.194 e. The van der Waals surface area contributed by atoms with E-state index in [0.717, 1.165) is 67.3 Å². The number of aromatic nitrogens is 6. The maximum absolute atomic E-state index is 13.0. The van der Waals surface area contributed by atoms with E-state index in [1.807, 2.05) is 73.1 Å². The van der Waals surface area contributed by atoms with Crippen LogP contribution in [0.15, 0.2) is 255 Å².